The van der Waals surface area contributed by atoms with E-state index in [1.54, 1.807) is 6.20 Å². The van der Waals surface area contributed by atoms with Crippen molar-refractivity contribution < 1.29 is 0 Å². The van der Waals surface area contributed by atoms with E-state index in [0.717, 1.165) is 15.9 Å². The average Bonchev–Trinajstić information content (AvgIpc) is 2.39. The van der Waals surface area contributed by atoms with Gasteiger partial charge in [0.05, 0.1) is 0 Å². The zero-order valence-corrected chi connectivity index (χ0v) is 14.8. The highest BCUT2D eigenvalue weighted by Crippen LogP contribution is 2.26. The molecule has 0 radical (unpaired) electrons. The molecule has 1 heterocycles. The van der Waals surface area contributed by atoms with Gasteiger partial charge in [-0.05, 0) is 87.4 Å². The summed E-state index contributed by atoms with van der Waals surface area (Å²) >= 11 is 11.9. The molecule has 0 spiro atoms. The van der Waals surface area contributed by atoms with Crippen molar-refractivity contribution in [3.05, 3.63) is 60.9 Å². The van der Waals surface area contributed by atoms with Gasteiger partial charge in [-0.15, -0.1) is 0 Å². The van der Waals surface area contributed by atoms with Crippen molar-refractivity contribution in [1.29, 1.82) is 0 Å². The topological polar surface area (TPSA) is 24.9 Å². The van der Waals surface area contributed by atoms with E-state index in [4.69, 9.17) is 11.6 Å². The molecule has 0 saturated heterocycles. The summed E-state index contributed by atoms with van der Waals surface area (Å²) in [6, 6.07) is 8.30. The Morgan fingerprint density at radius 2 is 2.16 bits per heavy atom. The normalized spacial score (nSPS) is 12.4. The fourth-order valence-corrected chi connectivity index (χ4v) is 3.26. The van der Waals surface area contributed by atoms with Crippen molar-refractivity contribution in [1.82, 2.24) is 10.3 Å². The summed E-state index contributed by atoms with van der Waals surface area (Å²) < 4.78 is 2.21. The first kappa shape index (κ1) is 15.2. The summed E-state index contributed by atoms with van der Waals surface area (Å²) in [5.41, 5.74) is 2.40. The maximum absolute atomic E-state index is 6.10. The van der Waals surface area contributed by atoms with Crippen LogP contribution in [0.4, 0.5) is 0 Å². The van der Waals surface area contributed by atoms with Crippen molar-refractivity contribution in [2.75, 3.05) is 7.05 Å². The lowest BCUT2D eigenvalue weighted by Crippen LogP contribution is -2.20. The molecule has 0 fully saturated rings. The quantitative estimate of drug-likeness (QED) is 0.687. The summed E-state index contributed by atoms with van der Waals surface area (Å²) in [5, 5.41) is 4.11. The molecule has 1 N–H and O–H groups in total. The Morgan fingerprint density at radius 3 is 2.84 bits per heavy atom. The van der Waals surface area contributed by atoms with Crippen molar-refractivity contribution >= 4 is 50.1 Å². The number of likely N-dealkylation sites (N-methyl/N-ethyl adjacent to an activating group) is 1. The van der Waals surface area contributed by atoms with Gasteiger partial charge in [0.25, 0.3) is 0 Å². The zero-order valence-electron chi connectivity index (χ0n) is 10.3. The minimum Gasteiger partial charge on any atom is -0.313 e. The van der Waals surface area contributed by atoms with Gasteiger partial charge in [-0.25, -0.2) is 0 Å². The molecule has 1 unspecified atom stereocenters. The van der Waals surface area contributed by atoms with E-state index < -0.39 is 0 Å². The molecule has 0 aliphatic rings. The minimum atomic E-state index is 0.224. The molecule has 0 aliphatic carbocycles. The minimum absolute atomic E-state index is 0.224. The van der Waals surface area contributed by atoms with Gasteiger partial charge in [-0.2, -0.15) is 0 Å². The summed E-state index contributed by atoms with van der Waals surface area (Å²) in [5.74, 6) is 0. The van der Waals surface area contributed by atoms with Crippen LogP contribution in [0.5, 0.6) is 0 Å². The molecule has 0 aliphatic heterocycles. The van der Waals surface area contributed by atoms with Crippen molar-refractivity contribution in [3.63, 3.8) is 0 Å². The smallest absolute Gasteiger partial charge is 0.0410 e. The second-order valence-electron chi connectivity index (χ2n) is 4.22. The third kappa shape index (κ3) is 4.15. The summed E-state index contributed by atoms with van der Waals surface area (Å²) in [6.45, 7) is 0. The highest BCUT2D eigenvalue weighted by atomic mass is 127. The number of pyridine rings is 1. The van der Waals surface area contributed by atoms with Gasteiger partial charge in [0.15, 0.2) is 0 Å². The van der Waals surface area contributed by atoms with Gasteiger partial charge in [0.1, 0.15) is 0 Å². The van der Waals surface area contributed by atoms with E-state index in [2.05, 4.69) is 54.9 Å². The number of halogens is 3. The lowest BCUT2D eigenvalue weighted by Gasteiger charge is -2.18. The van der Waals surface area contributed by atoms with Crippen LogP contribution in [0.3, 0.4) is 0 Å². The Kier molecular flexibility index (Phi) is 5.62. The molecule has 0 amide bonds. The van der Waals surface area contributed by atoms with Crippen molar-refractivity contribution in [2.45, 2.75) is 12.5 Å². The molecule has 1 aromatic carbocycles. The van der Waals surface area contributed by atoms with Crippen LogP contribution in [0.15, 0.2) is 41.1 Å². The van der Waals surface area contributed by atoms with Gasteiger partial charge in [-0.1, -0.05) is 11.6 Å². The summed E-state index contributed by atoms with van der Waals surface area (Å²) in [7, 11) is 1.97. The lowest BCUT2D eigenvalue weighted by atomic mass is 10.00. The molecule has 19 heavy (non-hydrogen) atoms. The monoisotopic (exact) mass is 450 g/mol. The second kappa shape index (κ2) is 7.02. The molecular formula is C14H13BrClIN2. The number of hydrogen-bond acceptors (Lipinski definition) is 2. The molecular weight excluding hydrogens is 438 g/mol. The van der Waals surface area contributed by atoms with Gasteiger partial charge >= 0.3 is 0 Å². The predicted molar refractivity (Wildman–Crippen MR) is 91.6 cm³/mol. The van der Waals surface area contributed by atoms with Crippen molar-refractivity contribution in [3.8, 4) is 0 Å². The Balaban J connectivity index is 2.27. The van der Waals surface area contributed by atoms with Crippen LogP contribution in [0.1, 0.15) is 17.2 Å². The molecule has 0 saturated carbocycles. The molecule has 1 aromatic heterocycles. The van der Waals surface area contributed by atoms with Gasteiger partial charge in [0, 0.05) is 31.5 Å². The highest BCUT2D eigenvalue weighted by molar-refractivity contribution is 14.1. The number of benzene rings is 1. The van der Waals surface area contributed by atoms with Crippen LogP contribution in [0.2, 0.25) is 5.02 Å². The Bertz CT molecular complexity index is 577. The maximum atomic E-state index is 6.10. The zero-order chi connectivity index (χ0) is 13.8. The fraction of sp³-hybridized carbons (Fsp3) is 0.214. The van der Waals surface area contributed by atoms with Crippen LogP contribution in [-0.4, -0.2) is 12.0 Å². The first-order chi connectivity index (χ1) is 9.10. The Hall–Kier alpha value is -0.170. The summed E-state index contributed by atoms with van der Waals surface area (Å²) in [6.07, 6.45) is 4.56. The standard InChI is InChI=1S/C14H13BrClIN2/c1-18-14(5-9-4-10(15)8-19-7-9)12-6-11(16)2-3-13(12)17/h2-4,6-8,14,18H,5H2,1H3. The van der Waals surface area contributed by atoms with E-state index in [1.165, 1.54) is 14.7 Å². The fourth-order valence-electron chi connectivity index (χ4n) is 1.95. The molecule has 2 aromatic rings. The van der Waals surface area contributed by atoms with Gasteiger partial charge < -0.3 is 5.32 Å². The highest BCUT2D eigenvalue weighted by Gasteiger charge is 2.14. The Morgan fingerprint density at radius 1 is 1.37 bits per heavy atom. The SMILES string of the molecule is CNC(Cc1cncc(Br)c1)c1cc(Cl)ccc1I. The average molecular weight is 452 g/mol. The van der Waals surface area contributed by atoms with Crippen LogP contribution in [-0.2, 0) is 6.42 Å². The number of rotatable bonds is 4. The predicted octanol–water partition coefficient (Wildman–Crippen LogP) is 4.61. The lowest BCUT2D eigenvalue weighted by molar-refractivity contribution is 0.588. The molecule has 100 valence electrons. The van der Waals surface area contributed by atoms with Gasteiger partial charge in [-0.3, -0.25) is 4.98 Å². The van der Waals surface area contributed by atoms with Crippen LogP contribution in [0.25, 0.3) is 0 Å². The largest absolute Gasteiger partial charge is 0.313 e. The Labute approximate surface area is 140 Å². The molecule has 5 heteroatoms. The third-order valence-electron chi connectivity index (χ3n) is 2.88. The third-order valence-corrected chi connectivity index (χ3v) is 4.53. The summed E-state index contributed by atoms with van der Waals surface area (Å²) in [4.78, 5) is 4.20. The second-order valence-corrected chi connectivity index (χ2v) is 6.74. The molecule has 1 atom stereocenters. The molecule has 0 bridgehead atoms. The number of nitrogens with one attached hydrogen (secondary N) is 1. The van der Waals surface area contributed by atoms with Crippen LogP contribution < -0.4 is 5.32 Å². The number of nitrogens with zero attached hydrogens (tertiary/aromatic N) is 1. The van der Waals surface area contributed by atoms with Crippen LogP contribution >= 0.6 is 50.1 Å². The maximum Gasteiger partial charge on any atom is 0.0410 e. The van der Waals surface area contributed by atoms with Gasteiger partial charge in [0.2, 0.25) is 0 Å². The number of hydrogen-bond donors (Lipinski definition) is 1. The van der Waals surface area contributed by atoms with E-state index >= 15 is 0 Å². The molecule has 2 rings (SSSR count). The van der Waals surface area contributed by atoms with E-state index in [9.17, 15) is 0 Å². The van der Waals surface area contributed by atoms with Crippen LogP contribution in [0, 0.1) is 3.57 Å². The van der Waals surface area contributed by atoms with E-state index in [1.807, 2.05) is 31.4 Å². The van der Waals surface area contributed by atoms with Crippen molar-refractivity contribution in [2.24, 2.45) is 0 Å². The molecule has 2 nitrogen and oxygen atoms in total. The first-order valence-corrected chi connectivity index (χ1v) is 8.06. The first-order valence-electron chi connectivity index (χ1n) is 5.82. The number of aromatic nitrogens is 1. The van der Waals surface area contributed by atoms with E-state index in [0.29, 0.717) is 0 Å². The van der Waals surface area contributed by atoms with E-state index in [-0.39, 0.29) is 6.04 Å².